The number of hydrogen-bond donors (Lipinski definition) is 0. The molecule has 0 bridgehead atoms. The van der Waals surface area contributed by atoms with Crippen molar-refractivity contribution in [3.63, 3.8) is 0 Å². The Morgan fingerprint density at radius 3 is 0.974 bits per heavy atom. The summed E-state index contributed by atoms with van der Waals surface area (Å²) in [5.41, 5.74) is 0. The maximum Gasteiger partial charge on any atom is 0.293 e. The zero-order valence-electron chi connectivity index (χ0n) is 25.9. The molecule has 0 aromatic heterocycles. The van der Waals surface area contributed by atoms with Crippen LogP contribution in [0.4, 0.5) is 0 Å². The van der Waals surface area contributed by atoms with Gasteiger partial charge in [-0.3, -0.25) is 9.59 Å². The van der Waals surface area contributed by atoms with Crippen LogP contribution in [0.25, 0.3) is 0 Å². The van der Waals surface area contributed by atoms with E-state index in [1.165, 1.54) is 167 Å². The number of hydrogen-bond acceptors (Lipinski definition) is 3. The summed E-state index contributed by atoms with van der Waals surface area (Å²) < 4.78 is 4.71. The molecule has 0 spiro atoms. The number of carbonyl (C=O) groups excluding carboxylic acids is 2. The highest BCUT2D eigenvalue weighted by Gasteiger charge is 2.02. The molecule has 0 saturated carbocycles. The number of ether oxygens (including phenoxy) is 1. The lowest BCUT2D eigenvalue weighted by Gasteiger charge is -2.04. The predicted molar refractivity (Wildman–Crippen MR) is 166 cm³/mol. The van der Waals surface area contributed by atoms with Crippen molar-refractivity contribution in [2.24, 2.45) is 0 Å². The van der Waals surface area contributed by atoms with E-state index in [1.54, 1.807) is 0 Å². The Morgan fingerprint density at radius 2 is 0.684 bits per heavy atom. The van der Waals surface area contributed by atoms with Gasteiger partial charge in [0.2, 0.25) is 0 Å². The Kier molecular flexibility index (Phi) is 33.4. The first kappa shape index (κ1) is 37.1. The summed E-state index contributed by atoms with van der Waals surface area (Å²) in [6.07, 6.45) is 40.4. The molecule has 0 aliphatic heterocycles. The lowest BCUT2D eigenvalue weighted by Crippen LogP contribution is -1.97. The van der Waals surface area contributed by atoms with Crippen molar-refractivity contribution in [3.8, 4) is 0 Å². The van der Waals surface area contributed by atoms with Crippen LogP contribution in [-0.2, 0) is 14.3 Å². The van der Waals surface area contributed by atoms with Crippen molar-refractivity contribution in [1.82, 2.24) is 0 Å². The molecule has 3 heteroatoms. The van der Waals surface area contributed by atoms with Gasteiger partial charge in [-0.2, -0.15) is 0 Å². The van der Waals surface area contributed by atoms with Crippen LogP contribution in [-0.4, -0.2) is 18.9 Å². The highest BCUT2D eigenvalue weighted by Crippen LogP contribution is 2.16. The topological polar surface area (TPSA) is 43.4 Å². The number of rotatable bonds is 34. The minimum Gasteiger partial charge on any atom is -0.468 e. The molecule has 0 unspecified atom stereocenters. The monoisotopic (exact) mass is 537 g/mol. The van der Waals surface area contributed by atoms with Gasteiger partial charge in [-0.15, -0.1) is 0 Å². The number of Topliss-reactive ketones (excluding diaryl/α,β-unsaturated/α-hetero) is 1. The zero-order chi connectivity index (χ0) is 27.6. The van der Waals surface area contributed by atoms with E-state index in [1.807, 2.05) is 0 Å². The van der Waals surface area contributed by atoms with E-state index in [-0.39, 0.29) is 0 Å². The van der Waals surface area contributed by atoms with E-state index in [0.717, 1.165) is 32.1 Å². The molecule has 0 aromatic carbocycles. The summed E-state index contributed by atoms with van der Waals surface area (Å²) in [5.74, 6) is 0.508. The van der Waals surface area contributed by atoms with Gasteiger partial charge < -0.3 is 4.74 Å². The van der Waals surface area contributed by atoms with Crippen LogP contribution in [0.2, 0.25) is 0 Å². The molecular weight excluding hydrogens is 468 g/mol. The van der Waals surface area contributed by atoms with Gasteiger partial charge in [-0.05, 0) is 19.3 Å². The van der Waals surface area contributed by atoms with Crippen LogP contribution >= 0.6 is 0 Å². The summed E-state index contributed by atoms with van der Waals surface area (Å²) in [6, 6.07) is 0. The van der Waals surface area contributed by atoms with Gasteiger partial charge in [-0.1, -0.05) is 174 Å². The normalized spacial score (nSPS) is 11.2. The third-order valence-electron chi connectivity index (χ3n) is 8.10. The Hall–Kier alpha value is -0.860. The van der Waals surface area contributed by atoms with E-state index in [0.29, 0.717) is 18.9 Å². The quantitative estimate of drug-likeness (QED) is 0.0606. The van der Waals surface area contributed by atoms with Gasteiger partial charge in [0, 0.05) is 12.8 Å². The fourth-order valence-electron chi connectivity index (χ4n) is 5.50. The van der Waals surface area contributed by atoms with Crippen molar-refractivity contribution in [2.75, 3.05) is 6.61 Å². The van der Waals surface area contributed by atoms with Crippen molar-refractivity contribution in [1.29, 1.82) is 0 Å². The average molecular weight is 537 g/mol. The SMILES string of the molecule is CCCCCCCCCCCCCCCCCC(=O)CCCCCCCCCCCCCCCCOC=O. The average Bonchev–Trinajstić information content (AvgIpc) is 2.92. The highest BCUT2D eigenvalue weighted by molar-refractivity contribution is 5.78. The van der Waals surface area contributed by atoms with E-state index in [9.17, 15) is 9.59 Å². The second kappa shape index (κ2) is 34.2. The largest absolute Gasteiger partial charge is 0.468 e. The molecular formula is C35H68O3. The molecule has 3 nitrogen and oxygen atoms in total. The molecule has 38 heavy (non-hydrogen) atoms. The molecule has 0 aliphatic carbocycles. The van der Waals surface area contributed by atoms with Gasteiger partial charge in [0.1, 0.15) is 5.78 Å². The predicted octanol–water partition coefficient (Wildman–Crippen LogP) is 11.8. The molecule has 0 rings (SSSR count). The number of carbonyl (C=O) groups is 2. The van der Waals surface area contributed by atoms with Crippen LogP contribution < -0.4 is 0 Å². The molecule has 226 valence electrons. The summed E-state index contributed by atoms with van der Waals surface area (Å²) in [7, 11) is 0. The first-order chi connectivity index (χ1) is 18.8. The van der Waals surface area contributed by atoms with Gasteiger partial charge in [-0.25, -0.2) is 0 Å². The minimum atomic E-state index is 0.508. The second-order valence-corrected chi connectivity index (χ2v) is 11.9. The molecule has 0 N–H and O–H groups in total. The summed E-state index contributed by atoms with van der Waals surface area (Å²) in [6.45, 7) is 3.42. The third-order valence-corrected chi connectivity index (χ3v) is 8.10. The van der Waals surface area contributed by atoms with Crippen LogP contribution in [0.5, 0.6) is 0 Å². The maximum atomic E-state index is 12.1. The number of ketones is 1. The fourth-order valence-corrected chi connectivity index (χ4v) is 5.50. The maximum absolute atomic E-state index is 12.1. The first-order valence-corrected chi connectivity index (χ1v) is 17.4. The summed E-state index contributed by atoms with van der Waals surface area (Å²) in [5, 5.41) is 0. The van der Waals surface area contributed by atoms with E-state index in [2.05, 4.69) is 6.92 Å². The molecule has 0 saturated heterocycles. The summed E-state index contributed by atoms with van der Waals surface area (Å²) >= 11 is 0. The molecule has 0 aromatic rings. The smallest absolute Gasteiger partial charge is 0.293 e. The van der Waals surface area contributed by atoms with Crippen molar-refractivity contribution >= 4 is 12.3 Å². The third kappa shape index (κ3) is 33.2. The van der Waals surface area contributed by atoms with Gasteiger partial charge in [0.05, 0.1) is 6.61 Å². The standard InChI is InChI=1S/C35H68O3/c1-2-3-4-5-6-7-8-9-10-13-16-19-22-25-28-31-35(37)32-29-26-23-20-17-14-11-12-15-18-21-24-27-30-33-38-34-36/h34H,2-33H2,1H3. The van der Waals surface area contributed by atoms with Crippen LogP contribution in [0, 0.1) is 0 Å². The Labute approximate surface area is 239 Å². The van der Waals surface area contributed by atoms with Gasteiger partial charge in [0.15, 0.2) is 0 Å². The van der Waals surface area contributed by atoms with Crippen molar-refractivity contribution in [3.05, 3.63) is 0 Å². The fraction of sp³-hybridized carbons (Fsp3) is 0.943. The lowest BCUT2D eigenvalue weighted by molar-refractivity contribution is -0.128. The molecule has 0 atom stereocenters. The Morgan fingerprint density at radius 1 is 0.421 bits per heavy atom. The molecule has 0 fully saturated rings. The second-order valence-electron chi connectivity index (χ2n) is 11.9. The Balaban J connectivity index is 3.14. The van der Waals surface area contributed by atoms with E-state index < -0.39 is 0 Å². The summed E-state index contributed by atoms with van der Waals surface area (Å²) in [4.78, 5) is 22.2. The zero-order valence-corrected chi connectivity index (χ0v) is 25.9. The number of unbranched alkanes of at least 4 members (excludes halogenated alkanes) is 27. The lowest BCUT2D eigenvalue weighted by atomic mass is 10.0. The molecule has 0 amide bonds. The molecule has 0 radical (unpaired) electrons. The van der Waals surface area contributed by atoms with Crippen LogP contribution in [0.15, 0.2) is 0 Å². The first-order valence-electron chi connectivity index (χ1n) is 17.4. The van der Waals surface area contributed by atoms with E-state index in [4.69, 9.17) is 4.74 Å². The van der Waals surface area contributed by atoms with Crippen molar-refractivity contribution < 1.29 is 14.3 Å². The van der Waals surface area contributed by atoms with E-state index >= 15 is 0 Å². The van der Waals surface area contributed by atoms with Crippen LogP contribution in [0.3, 0.4) is 0 Å². The van der Waals surface area contributed by atoms with Gasteiger partial charge in [0.25, 0.3) is 6.47 Å². The Bertz CT molecular complexity index is 462. The minimum absolute atomic E-state index is 0.508. The van der Waals surface area contributed by atoms with Gasteiger partial charge >= 0.3 is 0 Å². The molecule has 0 aliphatic rings. The van der Waals surface area contributed by atoms with Crippen LogP contribution in [0.1, 0.15) is 206 Å². The van der Waals surface area contributed by atoms with Crippen molar-refractivity contribution in [2.45, 2.75) is 206 Å². The highest BCUT2D eigenvalue weighted by atomic mass is 16.5. The molecule has 0 heterocycles.